The van der Waals surface area contributed by atoms with Gasteiger partial charge in [0.2, 0.25) is 0 Å². The van der Waals surface area contributed by atoms with Crippen LogP contribution in [-0.4, -0.2) is 6.18 Å². The molecule has 0 fully saturated rings. The number of alkyl halides is 3. The van der Waals surface area contributed by atoms with Crippen molar-refractivity contribution in [3.63, 3.8) is 0 Å². The van der Waals surface area contributed by atoms with Crippen molar-refractivity contribution in [2.24, 2.45) is 5.73 Å². The van der Waals surface area contributed by atoms with Crippen LogP contribution in [0.5, 0.6) is 0 Å². The molecule has 0 radical (unpaired) electrons. The largest absolute Gasteiger partial charge is 0.390 e. The Balaban J connectivity index is 0.00000225. The van der Waals surface area contributed by atoms with Gasteiger partial charge in [0.15, 0.2) is 0 Å². The molecule has 0 aliphatic heterocycles. The minimum Gasteiger partial charge on any atom is -0.324 e. The molecular weight excluding hydrogens is 262 g/mol. The third-order valence-corrected chi connectivity index (χ3v) is 2.32. The molecule has 1 nitrogen and oxygen atoms in total. The summed E-state index contributed by atoms with van der Waals surface area (Å²) in [5.74, 6) is 0. The summed E-state index contributed by atoms with van der Waals surface area (Å²) in [7, 11) is 0. The highest BCUT2D eigenvalue weighted by Gasteiger charge is 2.31. The zero-order valence-corrected chi connectivity index (χ0v) is 10.1. The number of rotatable bonds is 2. The van der Waals surface area contributed by atoms with Gasteiger partial charge in [0.1, 0.15) is 0 Å². The van der Waals surface area contributed by atoms with E-state index in [4.69, 9.17) is 17.3 Å². The first-order chi connectivity index (χ1) is 6.79. The van der Waals surface area contributed by atoms with Crippen LogP contribution in [0.3, 0.4) is 0 Å². The fourth-order valence-corrected chi connectivity index (χ4v) is 1.64. The van der Waals surface area contributed by atoms with Gasteiger partial charge >= 0.3 is 6.18 Å². The van der Waals surface area contributed by atoms with E-state index >= 15 is 0 Å². The van der Waals surface area contributed by atoms with Gasteiger partial charge < -0.3 is 5.73 Å². The molecule has 0 saturated heterocycles. The van der Waals surface area contributed by atoms with E-state index in [0.717, 1.165) is 0 Å². The molecule has 0 aromatic heterocycles. The molecule has 0 unspecified atom stereocenters. The van der Waals surface area contributed by atoms with Crippen molar-refractivity contribution in [1.82, 2.24) is 0 Å². The number of benzene rings is 1. The van der Waals surface area contributed by atoms with Crippen LogP contribution in [0.25, 0.3) is 0 Å². The second-order valence-electron chi connectivity index (χ2n) is 3.43. The summed E-state index contributed by atoms with van der Waals surface area (Å²) in [5.41, 5.74) is 6.63. The molecule has 2 N–H and O–H groups in total. The Kier molecular flexibility index (Phi) is 5.59. The maximum absolute atomic E-state index is 12.1. The molecule has 0 heterocycles. The van der Waals surface area contributed by atoms with E-state index < -0.39 is 18.6 Å². The normalized spacial score (nSPS) is 13.1. The summed E-state index contributed by atoms with van der Waals surface area (Å²) >= 11 is 5.69. The van der Waals surface area contributed by atoms with Gasteiger partial charge in [-0.2, -0.15) is 13.2 Å². The van der Waals surface area contributed by atoms with Crippen molar-refractivity contribution in [2.45, 2.75) is 25.6 Å². The Morgan fingerprint density at radius 3 is 2.38 bits per heavy atom. The molecule has 0 bridgehead atoms. The maximum atomic E-state index is 12.1. The second kappa shape index (κ2) is 5.75. The number of nitrogens with two attached hydrogens (primary N) is 1. The number of aryl methyl sites for hydroxylation is 1. The van der Waals surface area contributed by atoms with Gasteiger partial charge in [-0.15, -0.1) is 12.4 Å². The lowest BCUT2D eigenvalue weighted by molar-refractivity contribution is -0.138. The molecule has 0 amide bonds. The predicted octanol–water partition coefficient (Wildman–Crippen LogP) is 4.02. The molecule has 1 rings (SSSR count). The van der Waals surface area contributed by atoms with Crippen LogP contribution in [0, 0.1) is 6.92 Å². The molecule has 0 saturated carbocycles. The Morgan fingerprint density at radius 1 is 1.38 bits per heavy atom. The maximum Gasteiger partial charge on any atom is 0.390 e. The molecule has 6 heteroatoms. The predicted molar refractivity (Wildman–Crippen MR) is 61.0 cm³/mol. The highest BCUT2D eigenvalue weighted by atomic mass is 35.5. The summed E-state index contributed by atoms with van der Waals surface area (Å²) < 4.78 is 36.3. The highest BCUT2D eigenvalue weighted by Crippen LogP contribution is 2.30. The first-order valence-corrected chi connectivity index (χ1v) is 4.76. The second-order valence-corrected chi connectivity index (χ2v) is 3.86. The van der Waals surface area contributed by atoms with Crippen molar-refractivity contribution in [1.29, 1.82) is 0 Å². The zero-order valence-electron chi connectivity index (χ0n) is 8.51. The third kappa shape index (κ3) is 4.60. The van der Waals surface area contributed by atoms with Crippen molar-refractivity contribution in [3.8, 4) is 0 Å². The van der Waals surface area contributed by atoms with Crippen LogP contribution in [0.4, 0.5) is 13.2 Å². The number of halogens is 5. The summed E-state index contributed by atoms with van der Waals surface area (Å²) in [6.07, 6.45) is -5.26. The Labute approximate surface area is 103 Å². The Morgan fingerprint density at radius 2 is 1.94 bits per heavy atom. The minimum absolute atomic E-state index is 0. The lowest BCUT2D eigenvalue weighted by Gasteiger charge is -2.16. The number of hydrogen-bond acceptors (Lipinski definition) is 1. The lowest BCUT2D eigenvalue weighted by atomic mass is 9.99. The molecule has 1 atom stereocenters. The van der Waals surface area contributed by atoms with E-state index in [1.54, 1.807) is 19.1 Å². The van der Waals surface area contributed by atoms with Crippen molar-refractivity contribution in [2.75, 3.05) is 0 Å². The van der Waals surface area contributed by atoms with Crippen LogP contribution in [0.1, 0.15) is 23.6 Å². The van der Waals surface area contributed by atoms with E-state index in [1.165, 1.54) is 6.07 Å². The van der Waals surface area contributed by atoms with Gasteiger partial charge in [0.05, 0.1) is 6.42 Å². The molecule has 0 aliphatic rings. The summed E-state index contributed by atoms with van der Waals surface area (Å²) in [5, 5.41) is 0.496. The van der Waals surface area contributed by atoms with Gasteiger partial charge in [-0.1, -0.05) is 17.7 Å². The summed E-state index contributed by atoms with van der Waals surface area (Å²) in [6.45, 7) is 1.69. The monoisotopic (exact) mass is 273 g/mol. The highest BCUT2D eigenvalue weighted by molar-refractivity contribution is 6.30. The first-order valence-electron chi connectivity index (χ1n) is 4.38. The molecule has 16 heavy (non-hydrogen) atoms. The molecule has 1 aromatic rings. The van der Waals surface area contributed by atoms with E-state index in [9.17, 15) is 13.2 Å². The SMILES string of the molecule is Cc1cc(Cl)ccc1[C@H](N)CC(F)(F)F.Cl. The smallest absolute Gasteiger partial charge is 0.324 e. The number of hydrogen-bond donors (Lipinski definition) is 1. The summed E-state index contributed by atoms with van der Waals surface area (Å²) in [4.78, 5) is 0. The van der Waals surface area contributed by atoms with Crippen molar-refractivity contribution in [3.05, 3.63) is 34.3 Å². The lowest BCUT2D eigenvalue weighted by Crippen LogP contribution is -2.20. The fourth-order valence-electron chi connectivity index (χ4n) is 1.41. The van der Waals surface area contributed by atoms with E-state index in [2.05, 4.69) is 0 Å². The van der Waals surface area contributed by atoms with Crippen molar-refractivity contribution < 1.29 is 13.2 Å². The van der Waals surface area contributed by atoms with Gasteiger partial charge in [0, 0.05) is 11.1 Å². The van der Waals surface area contributed by atoms with Crippen molar-refractivity contribution >= 4 is 24.0 Å². The molecule has 0 spiro atoms. The van der Waals surface area contributed by atoms with Gasteiger partial charge in [-0.05, 0) is 30.2 Å². The van der Waals surface area contributed by atoms with Gasteiger partial charge in [-0.25, -0.2) is 0 Å². The van der Waals surface area contributed by atoms with Crippen LogP contribution in [-0.2, 0) is 0 Å². The molecule has 92 valence electrons. The average molecular weight is 274 g/mol. The zero-order chi connectivity index (χ0) is 11.6. The van der Waals surface area contributed by atoms with Crippen LogP contribution >= 0.6 is 24.0 Å². The molecular formula is C10H12Cl2F3N. The van der Waals surface area contributed by atoms with Gasteiger partial charge in [-0.3, -0.25) is 0 Å². The quantitative estimate of drug-likeness (QED) is 0.865. The third-order valence-electron chi connectivity index (χ3n) is 2.08. The summed E-state index contributed by atoms with van der Waals surface area (Å²) in [6, 6.07) is 3.66. The van der Waals surface area contributed by atoms with Crippen LogP contribution < -0.4 is 5.73 Å². The average Bonchev–Trinajstić information content (AvgIpc) is 1.99. The van der Waals surface area contributed by atoms with E-state index in [0.29, 0.717) is 16.1 Å². The van der Waals surface area contributed by atoms with Gasteiger partial charge in [0.25, 0.3) is 0 Å². The topological polar surface area (TPSA) is 26.0 Å². The fraction of sp³-hybridized carbons (Fsp3) is 0.400. The standard InChI is InChI=1S/C10H11ClF3N.ClH/c1-6-4-7(11)2-3-8(6)9(15)5-10(12,13)14;/h2-4,9H,5,15H2,1H3;1H/t9-;/m1./s1. The van der Waals surface area contributed by atoms with Crippen LogP contribution in [0.2, 0.25) is 5.02 Å². The minimum atomic E-state index is -4.24. The Bertz CT molecular complexity index is 352. The first kappa shape index (κ1) is 15.5. The molecule has 0 aliphatic carbocycles. The van der Waals surface area contributed by atoms with E-state index in [1.807, 2.05) is 0 Å². The van der Waals surface area contributed by atoms with Crippen LogP contribution in [0.15, 0.2) is 18.2 Å². The molecule has 1 aromatic carbocycles. The van der Waals surface area contributed by atoms with E-state index in [-0.39, 0.29) is 12.4 Å². The Hall–Kier alpha value is -0.450.